The van der Waals surface area contributed by atoms with Crippen LogP contribution in [0.2, 0.25) is 0 Å². The fraction of sp³-hybridized carbons (Fsp3) is 0.400. The minimum atomic E-state index is 0.711. The van der Waals surface area contributed by atoms with Crippen molar-refractivity contribution < 1.29 is 0 Å². The Hall–Kier alpha value is -1.60. The van der Waals surface area contributed by atoms with Crippen molar-refractivity contribution in [1.29, 1.82) is 0 Å². The number of nitrogens with one attached hydrogen (secondary N) is 1. The quantitative estimate of drug-likeness (QED) is 0.831. The monoisotopic (exact) mass is 279 g/mol. The van der Waals surface area contributed by atoms with Crippen LogP contribution in [-0.2, 0) is 0 Å². The average Bonchev–Trinajstić information content (AvgIpc) is 2.56. The smallest absolute Gasteiger partial charge is 0.00727 e. The van der Waals surface area contributed by atoms with Gasteiger partial charge in [0, 0.05) is 6.04 Å². The highest BCUT2D eigenvalue weighted by Gasteiger charge is 2.22. The third kappa shape index (κ3) is 3.54. The molecule has 1 aliphatic carbocycles. The molecule has 2 aromatic rings. The van der Waals surface area contributed by atoms with Gasteiger partial charge >= 0.3 is 0 Å². The molecule has 0 radical (unpaired) electrons. The van der Waals surface area contributed by atoms with Gasteiger partial charge in [0.15, 0.2) is 0 Å². The van der Waals surface area contributed by atoms with E-state index in [-0.39, 0.29) is 0 Å². The Bertz CT molecular complexity index is 542. The van der Waals surface area contributed by atoms with Crippen LogP contribution in [0, 0.1) is 0 Å². The molecule has 2 aromatic carbocycles. The summed E-state index contributed by atoms with van der Waals surface area (Å²) in [5.41, 5.74) is 4.13. The maximum atomic E-state index is 3.62. The van der Waals surface area contributed by atoms with Crippen molar-refractivity contribution in [3.05, 3.63) is 60.2 Å². The van der Waals surface area contributed by atoms with Gasteiger partial charge in [0.25, 0.3) is 0 Å². The van der Waals surface area contributed by atoms with Crippen LogP contribution in [0.1, 0.15) is 44.1 Å². The zero-order chi connectivity index (χ0) is 14.5. The molecule has 1 saturated carbocycles. The lowest BCUT2D eigenvalue weighted by Gasteiger charge is -2.30. The summed E-state index contributed by atoms with van der Waals surface area (Å²) in [5.74, 6) is 0.729. The fourth-order valence-corrected chi connectivity index (χ4v) is 3.54. The molecule has 2 unspecified atom stereocenters. The Morgan fingerprint density at radius 3 is 2.33 bits per heavy atom. The molecule has 21 heavy (non-hydrogen) atoms. The molecular weight excluding hydrogens is 254 g/mol. The van der Waals surface area contributed by atoms with E-state index in [1.54, 1.807) is 0 Å². The molecule has 0 amide bonds. The van der Waals surface area contributed by atoms with E-state index in [2.05, 4.69) is 66.8 Å². The summed E-state index contributed by atoms with van der Waals surface area (Å²) in [6.45, 7) is 3.29. The van der Waals surface area contributed by atoms with Crippen LogP contribution in [-0.4, -0.2) is 12.6 Å². The Morgan fingerprint density at radius 1 is 0.905 bits per heavy atom. The zero-order valence-corrected chi connectivity index (χ0v) is 12.9. The first-order valence-corrected chi connectivity index (χ1v) is 8.25. The molecule has 1 fully saturated rings. The summed E-state index contributed by atoms with van der Waals surface area (Å²) in [7, 11) is 0. The van der Waals surface area contributed by atoms with E-state index in [0.717, 1.165) is 12.5 Å². The third-order valence-electron chi connectivity index (χ3n) is 4.66. The zero-order valence-electron chi connectivity index (χ0n) is 12.9. The van der Waals surface area contributed by atoms with E-state index >= 15 is 0 Å². The molecule has 0 aromatic heterocycles. The van der Waals surface area contributed by atoms with Gasteiger partial charge in [0.2, 0.25) is 0 Å². The lowest BCUT2D eigenvalue weighted by molar-refractivity contribution is 0.344. The first kappa shape index (κ1) is 14.3. The molecule has 1 nitrogen and oxygen atoms in total. The van der Waals surface area contributed by atoms with Crippen molar-refractivity contribution in [2.75, 3.05) is 6.54 Å². The van der Waals surface area contributed by atoms with Crippen molar-refractivity contribution in [2.24, 2.45) is 0 Å². The molecular formula is C20H25N. The molecule has 1 N–H and O–H groups in total. The van der Waals surface area contributed by atoms with Gasteiger partial charge in [-0.25, -0.2) is 0 Å². The Morgan fingerprint density at radius 2 is 1.62 bits per heavy atom. The van der Waals surface area contributed by atoms with Gasteiger partial charge in [-0.1, -0.05) is 67.9 Å². The van der Waals surface area contributed by atoms with Gasteiger partial charge in [0.05, 0.1) is 0 Å². The normalized spacial score (nSPS) is 22.1. The molecule has 0 aliphatic heterocycles. The van der Waals surface area contributed by atoms with Gasteiger partial charge < -0.3 is 5.32 Å². The van der Waals surface area contributed by atoms with Crippen LogP contribution in [0.15, 0.2) is 54.6 Å². The molecule has 3 rings (SSSR count). The summed E-state index contributed by atoms with van der Waals surface area (Å²) in [4.78, 5) is 0. The van der Waals surface area contributed by atoms with Crippen LogP contribution in [0.4, 0.5) is 0 Å². The van der Waals surface area contributed by atoms with Crippen LogP contribution < -0.4 is 5.32 Å². The molecule has 0 heterocycles. The van der Waals surface area contributed by atoms with E-state index in [1.807, 2.05) is 0 Å². The van der Waals surface area contributed by atoms with Gasteiger partial charge in [0.1, 0.15) is 0 Å². The largest absolute Gasteiger partial charge is 0.314 e. The van der Waals surface area contributed by atoms with E-state index in [4.69, 9.17) is 0 Å². The van der Waals surface area contributed by atoms with Gasteiger partial charge in [-0.3, -0.25) is 0 Å². The number of hydrogen-bond acceptors (Lipinski definition) is 1. The fourth-order valence-electron chi connectivity index (χ4n) is 3.54. The second-order valence-electron chi connectivity index (χ2n) is 6.11. The second-order valence-corrected chi connectivity index (χ2v) is 6.11. The van der Waals surface area contributed by atoms with E-state index in [9.17, 15) is 0 Å². The first-order chi connectivity index (χ1) is 10.4. The third-order valence-corrected chi connectivity index (χ3v) is 4.66. The minimum absolute atomic E-state index is 0.711. The molecule has 0 saturated heterocycles. The maximum Gasteiger partial charge on any atom is 0.00727 e. The standard InChI is InChI=1S/C20H25N/c1-2-21-20-10-6-9-19(15-20)18-13-11-17(12-14-18)16-7-4-3-5-8-16/h3-5,7-8,11-14,19-21H,2,6,9-10,15H2,1H3. The highest BCUT2D eigenvalue weighted by atomic mass is 14.9. The predicted molar refractivity (Wildman–Crippen MR) is 90.6 cm³/mol. The summed E-state index contributed by atoms with van der Waals surface area (Å²) in [6, 6.07) is 20.6. The predicted octanol–water partition coefficient (Wildman–Crippen LogP) is 4.99. The molecule has 0 spiro atoms. The molecule has 1 heteroatoms. The van der Waals surface area contributed by atoms with E-state index < -0.39 is 0 Å². The summed E-state index contributed by atoms with van der Waals surface area (Å²) in [6.07, 6.45) is 5.32. The lowest BCUT2D eigenvalue weighted by Crippen LogP contribution is -2.33. The maximum absolute atomic E-state index is 3.62. The van der Waals surface area contributed by atoms with Crippen LogP contribution >= 0.6 is 0 Å². The van der Waals surface area contributed by atoms with Crippen LogP contribution in [0.5, 0.6) is 0 Å². The first-order valence-electron chi connectivity index (χ1n) is 8.25. The molecule has 2 atom stereocenters. The Kier molecular flexibility index (Phi) is 4.72. The second kappa shape index (κ2) is 6.91. The average molecular weight is 279 g/mol. The number of hydrogen-bond donors (Lipinski definition) is 1. The Labute approximate surface area is 128 Å². The Balaban J connectivity index is 1.72. The van der Waals surface area contributed by atoms with Gasteiger partial charge in [-0.05, 0) is 48.4 Å². The highest BCUT2D eigenvalue weighted by Crippen LogP contribution is 2.33. The lowest BCUT2D eigenvalue weighted by atomic mass is 9.81. The molecule has 1 aliphatic rings. The SMILES string of the molecule is CCNC1CCCC(c2ccc(-c3ccccc3)cc2)C1. The van der Waals surface area contributed by atoms with Gasteiger partial charge in [-0.15, -0.1) is 0 Å². The molecule has 0 bridgehead atoms. The van der Waals surface area contributed by atoms with Crippen molar-refractivity contribution in [1.82, 2.24) is 5.32 Å². The van der Waals surface area contributed by atoms with Crippen molar-refractivity contribution in [2.45, 2.75) is 44.6 Å². The van der Waals surface area contributed by atoms with Crippen LogP contribution in [0.3, 0.4) is 0 Å². The van der Waals surface area contributed by atoms with Crippen molar-refractivity contribution in [3.8, 4) is 11.1 Å². The summed E-state index contributed by atoms with van der Waals surface area (Å²) in [5, 5.41) is 3.62. The van der Waals surface area contributed by atoms with E-state index in [1.165, 1.54) is 42.4 Å². The van der Waals surface area contributed by atoms with E-state index in [0.29, 0.717) is 6.04 Å². The minimum Gasteiger partial charge on any atom is -0.314 e. The summed E-state index contributed by atoms with van der Waals surface area (Å²) < 4.78 is 0. The summed E-state index contributed by atoms with van der Waals surface area (Å²) >= 11 is 0. The number of rotatable bonds is 4. The molecule has 110 valence electrons. The van der Waals surface area contributed by atoms with Crippen molar-refractivity contribution in [3.63, 3.8) is 0 Å². The highest BCUT2D eigenvalue weighted by molar-refractivity contribution is 5.63. The van der Waals surface area contributed by atoms with Crippen molar-refractivity contribution >= 4 is 0 Å². The van der Waals surface area contributed by atoms with Crippen LogP contribution in [0.25, 0.3) is 11.1 Å². The number of benzene rings is 2. The van der Waals surface area contributed by atoms with Gasteiger partial charge in [-0.2, -0.15) is 0 Å². The topological polar surface area (TPSA) is 12.0 Å².